The molecule has 1 aromatic heterocycles. The first-order chi connectivity index (χ1) is 17.7. The molecule has 0 bridgehead atoms. The average Bonchev–Trinajstić information content (AvgIpc) is 3.35. The molecule has 0 radical (unpaired) electrons. The molecule has 7 nitrogen and oxygen atoms in total. The maximum Gasteiger partial charge on any atom is 0.187 e. The summed E-state index contributed by atoms with van der Waals surface area (Å²) in [7, 11) is 0. The number of Topliss-reactive ketones (excluding diaryl/α,β-unsaturated/α-hetero) is 1. The summed E-state index contributed by atoms with van der Waals surface area (Å²) >= 11 is 1.33. The Morgan fingerprint density at radius 2 is 2.05 bits per heavy atom. The molecule has 5 aliphatic rings. The zero-order valence-corrected chi connectivity index (χ0v) is 22.6. The molecule has 1 aromatic rings. The van der Waals surface area contributed by atoms with Crippen molar-refractivity contribution in [2.45, 2.75) is 88.6 Å². The van der Waals surface area contributed by atoms with Gasteiger partial charge in [-0.05, 0) is 62.2 Å². The number of aliphatic hydroxyl groups is 1. The number of carbonyl (C=O) groups is 2. The predicted molar refractivity (Wildman–Crippen MR) is 139 cm³/mol. The number of ketones is 2. The molecule has 9 atom stereocenters. The molecule has 2 heterocycles. The van der Waals surface area contributed by atoms with Crippen LogP contribution in [0.25, 0.3) is 0 Å². The molecule has 4 fully saturated rings. The monoisotopic (exact) mass is 524 g/mol. The normalized spacial score (nSPS) is 44.0. The van der Waals surface area contributed by atoms with Crippen molar-refractivity contribution in [1.82, 2.24) is 9.97 Å². The highest BCUT2D eigenvalue weighted by Crippen LogP contribution is 2.69. The van der Waals surface area contributed by atoms with E-state index in [0.29, 0.717) is 11.6 Å². The van der Waals surface area contributed by atoms with Gasteiger partial charge in [-0.3, -0.25) is 9.59 Å². The van der Waals surface area contributed by atoms with Crippen LogP contribution in [0.3, 0.4) is 0 Å². The molecule has 4 aliphatic carbocycles. The lowest BCUT2D eigenvalue weighted by Gasteiger charge is -2.59. The molecule has 0 aromatic carbocycles. The van der Waals surface area contributed by atoms with Crippen molar-refractivity contribution in [1.29, 1.82) is 0 Å². The van der Waals surface area contributed by atoms with Gasteiger partial charge in [-0.2, -0.15) is 0 Å². The smallest absolute Gasteiger partial charge is 0.187 e. The topological polar surface area (TPSA) is 98.6 Å². The largest absolute Gasteiger partial charge is 0.393 e. The number of carbonyl (C=O) groups excluding carboxylic acids is 2. The molecule has 5 unspecified atom stereocenters. The molecular weight excluding hydrogens is 488 g/mol. The lowest BCUT2D eigenvalue weighted by atomic mass is 9.46. The zero-order chi connectivity index (χ0) is 26.0. The number of nitrogens with zero attached hydrogens (tertiary/aromatic N) is 2. The molecule has 0 spiro atoms. The standard InChI is InChI=1S/C29H36N2O5S/c1-4-6-24-35-23-14-20-19-8-7-17-13-18(32)9-10-27(17,2)25(19)21(33)15-28(20,3)29(23,36-24)22(34)16-37-26-30-11-5-12-31-26/h5,9-13,19-21,23-25,33H,4,6-8,14-16H2,1-3H3/t19?,20?,21-,23+,24+,25?,27?,28?,29+/m0/s1. The first-order valence-electron chi connectivity index (χ1n) is 13.6. The second-order valence-electron chi connectivity index (χ2n) is 11.9. The Bertz CT molecular complexity index is 1160. The molecule has 37 heavy (non-hydrogen) atoms. The molecule has 1 saturated heterocycles. The summed E-state index contributed by atoms with van der Waals surface area (Å²) < 4.78 is 13.2. The summed E-state index contributed by atoms with van der Waals surface area (Å²) in [6.07, 6.45) is 12.0. The molecular formula is C29H36N2O5S. The van der Waals surface area contributed by atoms with Gasteiger partial charge in [0.15, 0.2) is 28.6 Å². The van der Waals surface area contributed by atoms with Crippen LogP contribution < -0.4 is 0 Å². The quantitative estimate of drug-likeness (QED) is 0.434. The van der Waals surface area contributed by atoms with Gasteiger partial charge in [0, 0.05) is 29.1 Å². The van der Waals surface area contributed by atoms with Crippen molar-refractivity contribution in [3.8, 4) is 0 Å². The third-order valence-corrected chi connectivity index (χ3v) is 11.0. The van der Waals surface area contributed by atoms with Crippen molar-refractivity contribution < 1.29 is 24.2 Å². The number of hydrogen-bond donors (Lipinski definition) is 1. The van der Waals surface area contributed by atoms with Crippen LogP contribution in [-0.4, -0.2) is 56.5 Å². The maximum absolute atomic E-state index is 14.2. The minimum absolute atomic E-state index is 0.000522. The van der Waals surface area contributed by atoms with Gasteiger partial charge in [-0.25, -0.2) is 9.97 Å². The number of hydrogen-bond acceptors (Lipinski definition) is 8. The predicted octanol–water partition coefficient (Wildman–Crippen LogP) is 4.31. The highest BCUT2D eigenvalue weighted by Gasteiger charge is 2.75. The Morgan fingerprint density at radius 1 is 1.27 bits per heavy atom. The summed E-state index contributed by atoms with van der Waals surface area (Å²) in [5, 5.41) is 12.4. The maximum atomic E-state index is 14.2. The Labute approximate surface area is 222 Å². The van der Waals surface area contributed by atoms with Crippen LogP contribution in [0.2, 0.25) is 0 Å². The van der Waals surface area contributed by atoms with E-state index in [2.05, 4.69) is 30.7 Å². The van der Waals surface area contributed by atoms with Gasteiger partial charge >= 0.3 is 0 Å². The number of aromatic nitrogens is 2. The first-order valence-corrected chi connectivity index (χ1v) is 14.6. The molecule has 8 heteroatoms. The molecule has 1 N–H and O–H groups in total. The first kappa shape index (κ1) is 25.4. The van der Waals surface area contributed by atoms with Crippen LogP contribution >= 0.6 is 11.8 Å². The van der Waals surface area contributed by atoms with Crippen LogP contribution in [0.4, 0.5) is 0 Å². The third-order valence-electron chi connectivity index (χ3n) is 10.1. The Balaban J connectivity index is 1.35. The van der Waals surface area contributed by atoms with Crippen LogP contribution in [-0.2, 0) is 19.1 Å². The fourth-order valence-electron chi connectivity index (χ4n) is 8.60. The van der Waals surface area contributed by atoms with E-state index in [1.165, 1.54) is 11.8 Å². The SMILES string of the molecule is CCC[C@@H]1O[C@@H]2CC3C4CCC5=CC(=O)C=CC5(C)C4[C@@H](O)CC3(C)[C@]2(C(=O)CSc2ncccn2)O1. The van der Waals surface area contributed by atoms with E-state index in [0.717, 1.165) is 37.7 Å². The minimum Gasteiger partial charge on any atom is -0.393 e. The van der Waals surface area contributed by atoms with Crippen molar-refractivity contribution in [2.24, 2.45) is 28.6 Å². The van der Waals surface area contributed by atoms with Crippen LogP contribution in [0.15, 0.2) is 47.4 Å². The minimum atomic E-state index is -1.10. The number of rotatable bonds is 6. The lowest BCUT2D eigenvalue weighted by molar-refractivity contribution is -0.197. The van der Waals surface area contributed by atoms with Gasteiger partial charge in [0.1, 0.15) is 0 Å². The molecule has 0 amide bonds. The van der Waals surface area contributed by atoms with E-state index in [1.807, 2.05) is 6.08 Å². The third kappa shape index (κ3) is 3.66. The number of aliphatic hydroxyl groups excluding tert-OH is 1. The molecule has 3 saturated carbocycles. The number of fused-ring (bicyclic) bond motifs is 7. The van der Waals surface area contributed by atoms with Gasteiger partial charge in [-0.15, -0.1) is 0 Å². The second kappa shape index (κ2) is 9.11. The van der Waals surface area contributed by atoms with Crippen LogP contribution in [0.5, 0.6) is 0 Å². The summed E-state index contributed by atoms with van der Waals surface area (Å²) in [4.78, 5) is 34.9. The van der Waals surface area contributed by atoms with Crippen molar-refractivity contribution in [3.05, 3.63) is 42.3 Å². The fourth-order valence-corrected chi connectivity index (χ4v) is 9.35. The van der Waals surface area contributed by atoms with E-state index in [-0.39, 0.29) is 46.6 Å². The van der Waals surface area contributed by atoms with E-state index in [1.54, 1.807) is 30.6 Å². The van der Waals surface area contributed by atoms with Crippen molar-refractivity contribution >= 4 is 23.3 Å². The second-order valence-corrected chi connectivity index (χ2v) is 12.8. The summed E-state index contributed by atoms with van der Waals surface area (Å²) in [6.45, 7) is 6.42. The van der Waals surface area contributed by atoms with E-state index < -0.39 is 23.4 Å². The Morgan fingerprint density at radius 3 is 2.81 bits per heavy atom. The number of thioether (sulfide) groups is 1. The van der Waals surface area contributed by atoms with Gasteiger partial charge < -0.3 is 14.6 Å². The van der Waals surface area contributed by atoms with Crippen molar-refractivity contribution in [3.63, 3.8) is 0 Å². The van der Waals surface area contributed by atoms with Gasteiger partial charge in [0.05, 0.1) is 18.0 Å². The van der Waals surface area contributed by atoms with E-state index in [9.17, 15) is 14.7 Å². The van der Waals surface area contributed by atoms with Gasteiger partial charge in [0.2, 0.25) is 0 Å². The van der Waals surface area contributed by atoms with Gasteiger partial charge in [-0.1, -0.05) is 50.6 Å². The number of allylic oxidation sites excluding steroid dienone is 4. The average molecular weight is 525 g/mol. The lowest BCUT2D eigenvalue weighted by Crippen LogP contribution is -2.63. The Hall–Kier alpha value is -1.87. The van der Waals surface area contributed by atoms with Crippen molar-refractivity contribution in [2.75, 3.05) is 5.75 Å². The molecule has 1 aliphatic heterocycles. The highest BCUT2D eigenvalue weighted by molar-refractivity contribution is 7.99. The highest BCUT2D eigenvalue weighted by atomic mass is 32.2. The summed E-state index contributed by atoms with van der Waals surface area (Å²) in [6, 6.07) is 1.76. The molecule has 198 valence electrons. The summed E-state index contributed by atoms with van der Waals surface area (Å²) in [5.41, 5.74) is -0.871. The van der Waals surface area contributed by atoms with E-state index in [4.69, 9.17) is 9.47 Å². The van der Waals surface area contributed by atoms with Gasteiger partial charge in [0.25, 0.3) is 0 Å². The van der Waals surface area contributed by atoms with Crippen LogP contribution in [0, 0.1) is 28.6 Å². The van der Waals surface area contributed by atoms with Crippen LogP contribution in [0.1, 0.15) is 59.3 Å². The summed E-state index contributed by atoms with van der Waals surface area (Å²) in [5.74, 6) is 0.634. The Kier molecular flexibility index (Phi) is 6.26. The van der Waals surface area contributed by atoms with E-state index >= 15 is 0 Å². The molecule has 6 rings (SSSR count). The number of ether oxygens (including phenoxy) is 2. The fraction of sp³-hybridized carbons (Fsp3) is 0.655. The zero-order valence-electron chi connectivity index (χ0n) is 21.8.